The van der Waals surface area contributed by atoms with Crippen molar-refractivity contribution in [2.75, 3.05) is 5.73 Å². The van der Waals surface area contributed by atoms with Crippen LogP contribution in [0, 0.1) is 3.57 Å². The zero-order chi connectivity index (χ0) is 15.4. The molecule has 2 N–H and O–H groups in total. The van der Waals surface area contributed by atoms with Gasteiger partial charge in [-0.25, -0.2) is 9.97 Å². The highest BCUT2D eigenvalue weighted by Gasteiger charge is 2.11. The maximum absolute atomic E-state index is 6.00. The Morgan fingerprint density at radius 3 is 2.43 bits per heavy atom. The highest BCUT2D eigenvalue weighted by molar-refractivity contribution is 14.1. The van der Waals surface area contributed by atoms with Crippen molar-refractivity contribution in [2.45, 2.75) is 39.7 Å². The van der Waals surface area contributed by atoms with Crippen LogP contribution in [0.25, 0.3) is 11.4 Å². The van der Waals surface area contributed by atoms with Gasteiger partial charge in [-0.1, -0.05) is 13.3 Å². The van der Waals surface area contributed by atoms with Crippen LogP contribution in [0.2, 0.25) is 0 Å². The van der Waals surface area contributed by atoms with Gasteiger partial charge in [-0.2, -0.15) is 0 Å². The van der Waals surface area contributed by atoms with Gasteiger partial charge in [0.05, 0.1) is 15.4 Å². The molecule has 112 valence electrons. The zero-order valence-electron chi connectivity index (χ0n) is 12.6. The van der Waals surface area contributed by atoms with Gasteiger partial charge in [-0.05, 0) is 67.1 Å². The molecule has 0 spiro atoms. The van der Waals surface area contributed by atoms with Crippen LogP contribution in [0.3, 0.4) is 0 Å². The SMILES string of the molecule is CCCc1nc(-c2ccc(OC(C)C)cc2)nc(N)c1I. The predicted molar refractivity (Wildman–Crippen MR) is 94.4 cm³/mol. The van der Waals surface area contributed by atoms with Crippen molar-refractivity contribution in [3.8, 4) is 17.1 Å². The monoisotopic (exact) mass is 397 g/mol. The molecule has 1 aromatic heterocycles. The Balaban J connectivity index is 2.33. The van der Waals surface area contributed by atoms with Crippen molar-refractivity contribution in [3.05, 3.63) is 33.5 Å². The molecule has 21 heavy (non-hydrogen) atoms. The summed E-state index contributed by atoms with van der Waals surface area (Å²) < 4.78 is 6.60. The second-order valence-electron chi connectivity index (χ2n) is 5.13. The number of halogens is 1. The number of benzene rings is 1. The van der Waals surface area contributed by atoms with Crippen LogP contribution in [-0.4, -0.2) is 16.1 Å². The van der Waals surface area contributed by atoms with Gasteiger partial charge in [-0.3, -0.25) is 0 Å². The van der Waals surface area contributed by atoms with E-state index in [1.54, 1.807) is 0 Å². The van der Waals surface area contributed by atoms with E-state index in [-0.39, 0.29) is 6.10 Å². The van der Waals surface area contributed by atoms with Gasteiger partial charge in [0, 0.05) is 5.56 Å². The molecule has 0 aliphatic carbocycles. The molecule has 5 heteroatoms. The molecule has 0 radical (unpaired) electrons. The number of nitrogens with two attached hydrogens (primary N) is 1. The van der Waals surface area contributed by atoms with Crippen molar-refractivity contribution >= 4 is 28.4 Å². The standard InChI is InChI=1S/C16H20IN3O/c1-4-5-13-14(17)15(18)20-16(19-13)11-6-8-12(9-7-11)21-10(2)3/h6-10H,4-5H2,1-3H3,(H2,18,19,20). The fraction of sp³-hybridized carbons (Fsp3) is 0.375. The number of hydrogen-bond donors (Lipinski definition) is 1. The summed E-state index contributed by atoms with van der Waals surface area (Å²) in [6.07, 6.45) is 2.11. The third-order valence-electron chi connectivity index (χ3n) is 2.92. The number of anilines is 1. The first-order valence-corrected chi connectivity index (χ1v) is 8.18. The van der Waals surface area contributed by atoms with E-state index in [4.69, 9.17) is 10.5 Å². The van der Waals surface area contributed by atoms with Crippen LogP contribution < -0.4 is 10.5 Å². The number of rotatable bonds is 5. The molecule has 0 aliphatic rings. The molecule has 1 heterocycles. The van der Waals surface area contributed by atoms with Gasteiger partial charge < -0.3 is 10.5 Å². The average Bonchev–Trinajstić information content (AvgIpc) is 2.44. The lowest BCUT2D eigenvalue weighted by Gasteiger charge is -2.11. The fourth-order valence-corrected chi connectivity index (χ4v) is 2.51. The van der Waals surface area contributed by atoms with Gasteiger partial charge in [0.25, 0.3) is 0 Å². The zero-order valence-corrected chi connectivity index (χ0v) is 14.7. The van der Waals surface area contributed by atoms with E-state index in [0.717, 1.165) is 33.4 Å². The van der Waals surface area contributed by atoms with E-state index in [0.29, 0.717) is 11.6 Å². The highest BCUT2D eigenvalue weighted by atomic mass is 127. The quantitative estimate of drug-likeness (QED) is 0.773. The second kappa shape index (κ2) is 7.06. The Bertz CT molecular complexity index is 612. The molecule has 0 aliphatic heterocycles. The lowest BCUT2D eigenvalue weighted by Crippen LogP contribution is -2.06. The van der Waals surface area contributed by atoms with Crippen molar-refractivity contribution < 1.29 is 4.74 Å². The molecule has 0 bridgehead atoms. The van der Waals surface area contributed by atoms with Crippen molar-refractivity contribution in [1.29, 1.82) is 0 Å². The maximum atomic E-state index is 6.00. The van der Waals surface area contributed by atoms with Gasteiger partial charge in [0.2, 0.25) is 0 Å². The third kappa shape index (κ3) is 4.06. The van der Waals surface area contributed by atoms with Crippen LogP contribution >= 0.6 is 22.6 Å². The van der Waals surface area contributed by atoms with Gasteiger partial charge in [-0.15, -0.1) is 0 Å². The van der Waals surface area contributed by atoms with E-state index in [2.05, 4.69) is 39.5 Å². The summed E-state index contributed by atoms with van der Waals surface area (Å²) in [6.45, 7) is 6.15. The van der Waals surface area contributed by atoms with E-state index >= 15 is 0 Å². The summed E-state index contributed by atoms with van der Waals surface area (Å²) in [6, 6.07) is 7.81. The van der Waals surface area contributed by atoms with Gasteiger partial charge in [0.1, 0.15) is 11.6 Å². The summed E-state index contributed by atoms with van der Waals surface area (Å²) in [5.74, 6) is 2.07. The Labute approximate surface area is 139 Å². The lowest BCUT2D eigenvalue weighted by molar-refractivity contribution is 0.242. The van der Waals surface area contributed by atoms with Crippen LogP contribution in [-0.2, 0) is 6.42 Å². The minimum absolute atomic E-state index is 0.164. The number of aromatic nitrogens is 2. The highest BCUT2D eigenvalue weighted by Crippen LogP contribution is 2.25. The number of nitrogens with zero attached hydrogens (tertiary/aromatic N) is 2. The number of hydrogen-bond acceptors (Lipinski definition) is 4. The first kappa shape index (κ1) is 16.0. The van der Waals surface area contributed by atoms with Crippen LogP contribution in [0.15, 0.2) is 24.3 Å². The number of nitrogen functional groups attached to an aromatic ring is 1. The van der Waals surface area contributed by atoms with E-state index in [1.807, 2.05) is 38.1 Å². The number of ether oxygens (including phenoxy) is 1. The summed E-state index contributed by atoms with van der Waals surface area (Å²) in [5.41, 5.74) is 7.97. The molecule has 0 saturated carbocycles. The molecule has 2 rings (SSSR count). The molecule has 2 aromatic rings. The Morgan fingerprint density at radius 1 is 1.19 bits per heavy atom. The smallest absolute Gasteiger partial charge is 0.161 e. The summed E-state index contributed by atoms with van der Waals surface area (Å²) >= 11 is 2.21. The lowest BCUT2D eigenvalue weighted by atomic mass is 10.2. The van der Waals surface area contributed by atoms with E-state index < -0.39 is 0 Å². The molecule has 0 saturated heterocycles. The fourth-order valence-electron chi connectivity index (χ4n) is 2.00. The van der Waals surface area contributed by atoms with Crippen molar-refractivity contribution in [3.63, 3.8) is 0 Å². The minimum Gasteiger partial charge on any atom is -0.491 e. The third-order valence-corrected chi connectivity index (χ3v) is 4.09. The molecule has 1 aromatic carbocycles. The largest absolute Gasteiger partial charge is 0.491 e. The summed E-state index contributed by atoms with van der Waals surface area (Å²) in [5, 5.41) is 0. The molecule has 0 atom stereocenters. The second-order valence-corrected chi connectivity index (χ2v) is 6.21. The van der Waals surface area contributed by atoms with Crippen molar-refractivity contribution in [1.82, 2.24) is 9.97 Å². The number of aryl methyl sites for hydroxylation is 1. The van der Waals surface area contributed by atoms with Crippen LogP contribution in [0.1, 0.15) is 32.9 Å². The average molecular weight is 397 g/mol. The Kier molecular flexibility index (Phi) is 5.39. The van der Waals surface area contributed by atoms with Crippen molar-refractivity contribution in [2.24, 2.45) is 0 Å². The van der Waals surface area contributed by atoms with E-state index in [1.165, 1.54) is 0 Å². The minimum atomic E-state index is 0.164. The molecular weight excluding hydrogens is 377 g/mol. The van der Waals surface area contributed by atoms with Crippen LogP contribution in [0.4, 0.5) is 5.82 Å². The summed E-state index contributed by atoms with van der Waals surface area (Å²) in [4.78, 5) is 9.04. The Morgan fingerprint density at radius 2 is 1.86 bits per heavy atom. The van der Waals surface area contributed by atoms with Gasteiger partial charge >= 0.3 is 0 Å². The first-order valence-electron chi connectivity index (χ1n) is 7.10. The van der Waals surface area contributed by atoms with Gasteiger partial charge in [0.15, 0.2) is 5.82 Å². The molecule has 0 amide bonds. The normalized spacial score (nSPS) is 10.9. The van der Waals surface area contributed by atoms with Crippen LogP contribution in [0.5, 0.6) is 5.75 Å². The molecular formula is C16H20IN3O. The summed E-state index contributed by atoms with van der Waals surface area (Å²) in [7, 11) is 0. The first-order chi connectivity index (χ1) is 10.0. The Hall–Kier alpha value is -1.37. The molecule has 0 unspecified atom stereocenters. The molecule has 4 nitrogen and oxygen atoms in total. The predicted octanol–water partition coefficient (Wildman–Crippen LogP) is 4.07. The van der Waals surface area contributed by atoms with E-state index in [9.17, 15) is 0 Å². The maximum Gasteiger partial charge on any atom is 0.161 e. The topological polar surface area (TPSA) is 61.0 Å². The molecule has 0 fully saturated rings.